The molecular weight excluding hydrogens is 366 g/mol. The van der Waals surface area contributed by atoms with Crippen LogP contribution in [0.4, 0.5) is 5.69 Å². The van der Waals surface area contributed by atoms with Gasteiger partial charge in [0.2, 0.25) is 0 Å². The molecule has 0 saturated carbocycles. The van der Waals surface area contributed by atoms with E-state index in [-0.39, 0.29) is 11.8 Å². The van der Waals surface area contributed by atoms with Gasteiger partial charge in [0, 0.05) is 25.8 Å². The zero-order valence-corrected chi connectivity index (χ0v) is 17.0. The number of piperidine rings is 1. The molecule has 0 unspecified atom stereocenters. The number of benzene rings is 1. The molecule has 0 bridgehead atoms. The van der Waals surface area contributed by atoms with Crippen LogP contribution in [0.3, 0.4) is 0 Å². The van der Waals surface area contributed by atoms with Gasteiger partial charge in [-0.1, -0.05) is 19.1 Å². The summed E-state index contributed by atoms with van der Waals surface area (Å²) in [5.74, 6) is 0.331. The molecule has 29 heavy (non-hydrogen) atoms. The fraction of sp³-hybridized carbons (Fsp3) is 0.364. The van der Waals surface area contributed by atoms with Crippen molar-refractivity contribution in [2.75, 3.05) is 18.4 Å². The van der Waals surface area contributed by atoms with Crippen LogP contribution in [0.5, 0.6) is 0 Å². The van der Waals surface area contributed by atoms with Crippen molar-refractivity contribution in [2.24, 2.45) is 13.0 Å². The second-order valence-electron chi connectivity index (χ2n) is 7.79. The van der Waals surface area contributed by atoms with Crippen molar-refractivity contribution in [2.45, 2.75) is 26.7 Å². The van der Waals surface area contributed by atoms with Gasteiger partial charge >= 0.3 is 0 Å². The second-order valence-corrected chi connectivity index (χ2v) is 7.79. The maximum absolute atomic E-state index is 13.1. The molecule has 1 N–H and O–H groups in total. The SMILES string of the molecule is Cc1cc(C(=O)Nc2ccccc2C(=O)N2CCC(C)CC2)c2cnn(C)c2n1. The fourth-order valence-electron chi connectivity index (χ4n) is 3.78. The topological polar surface area (TPSA) is 80.1 Å². The number of hydrogen-bond acceptors (Lipinski definition) is 4. The molecule has 1 fully saturated rings. The molecule has 1 saturated heterocycles. The molecule has 0 atom stereocenters. The third kappa shape index (κ3) is 3.72. The van der Waals surface area contributed by atoms with E-state index in [2.05, 4.69) is 22.3 Å². The van der Waals surface area contributed by atoms with Crippen LogP contribution in [-0.2, 0) is 7.05 Å². The number of aromatic nitrogens is 3. The minimum Gasteiger partial charge on any atom is -0.339 e. The van der Waals surface area contributed by atoms with Gasteiger partial charge in [-0.05, 0) is 43.9 Å². The van der Waals surface area contributed by atoms with E-state index in [1.807, 2.05) is 24.0 Å². The first-order valence-electron chi connectivity index (χ1n) is 9.93. The Kier molecular flexibility index (Phi) is 5.05. The summed E-state index contributed by atoms with van der Waals surface area (Å²) in [6, 6.07) is 8.93. The summed E-state index contributed by atoms with van der Waals surface area (Å²) < 4.78 is 1.65. The van der Waals surface area contributed by atoms with E-state index in [4.69, 9.17) is 0 Å². The van der Waals surface area contributed by atoms with E-state index < -0.39 is 0 Å². The van der Waals surface area contributed by atoms with E-state index in [9.17, 15) is 9.59 Å². The Balaban J connectivity index is 1.62. The molecule has 1 aliphatic heterocycles. The molecule has 2 amide bonds. The minimum absolute atomic E-state index is 0.0368. The van der Waals surface area contributed by atoms with Crippen molar-refractivity contribution in [3.63, 3.8) is 0 Å². The molecule has 3 aromatic rings. The van der Waals surface area contributed by atoms with Crippen molar-refractivity contribution in [1.29, 1.82) is 0 Å². The van der Waals surface area contributed by atoms with E-state index in [1.54, 1.807) is 36.1 Å². The first-order chi connectivity index (χ1) is 13.9. The van der Waals surface area contributed by atoms with E-state index in [0.29, 0.717) is 33.8 Å². The van der Waals surface area contributed by atoms with Crippen LogP contribution < -0.4 is 5.32 Å². The van der Waals surface area contributed by atoms with Gasteiger partial charge in [-0.15, -0.1) is 0 Å². The standard InChI is InChI=1S/C22H25N5O2/c1-14-8-10-27(11-9-14)22(29)16-6-4-5-7-19(16)25-21(28)17-12-15(2)24-20-18(17)13-23-26(20)3/h4-7,12-14H,8-11H2,1-3H3,(H,25,28). The Labute approximate surface area is 169 Å². The summed E-state index contributed by atoms with van der Waals surface area (Å²) in [7, 11) is 1.80. The number of carbonyl (C=O) groups is 2. The molecule has 0 aliphatic carbocycles. The third-order valence-electron chi connectivity index (χ3n) is 5.55. The molecule has 2 aromatic heterocycles. The van der Waals surface area contributed by atoms with Crippen molar-refractivity contribution < 1.29 is 9.59 Å². The first kappa shape index (κ1) is 19.1. The zero-order valence-electron chi connectivity index (χ0n) is 17.0. The molecule has 7 heteroatoms. The molecule has 4 rings (SSSR count). The summed E-state index contributed by atoms with van der Waals surface area (Å²) in [5.41, 5.74) is 2.92. The number of rotatable bonds is 3. The molecular formula is C22H25N5O2. The zero-order chi connectivity index (χ0) is 20.5. The highest BCUT2D eigenvalue weighted by Crippen LogP contribution is 2.24. The van der Waals surface area contributed by atoms with E-state index in [1.165, 1.54) is 0 Å². The molecule has 3 heterocycles. The van der Waals surface area contributed by atoms with Crippen molar-refractivity contribution in [3.05, 3.63) is 53.3 Å². The molecule has 1 aliphatic rings. The van der Waals surface area contributed by atoms with Crippen LogP contribution in [0.2, 0.25) is 0 Å². The van der Waals surface area contributed by atoms with Crippen LogP contribution in [-0.4, -0.2) is 44.6 Å². The van der Waals surface area contributed by atoms with Crippen LogP contribution >= 0.6 is 0 Å². The lowest BCUT2D eigenvalue weighted by molar-refractivity contribution is 0.0698. The van der Waals surface area contributed by atoms with Gasteiger partial charge in [-0.3, -0.25) is 14.3 Å². The van der Waals surface area contributed by atoms with Gasteiger partial charge in [-0.2, -0.15) is 5.10 Å². The fourth-order valence-corrected chi connectivity index (χ4v) is 3.78. The Morgan fingerprint density at radius 2 is 1.86 bits per heavy atom. The predicted molar refractivity (Wildman–Crippen MR) is 112 cm³/mol. The number of nitrogens with one attached hydrogen (secondary N) is 1. The molecule has 0 spiro atoms. The average Bonchev–Trinajstić information content (AvgIpc) is 3.08. The number of para-hydroxylation sites is 1. The number of likely N-dealkylation sites (tertiary alicyclic amines) is 1. The van der Waals surface area contributed by atoms with Crippen LogP contribution in [0.1, 0.15) is 46.2 Å². The van der Waals surface area contributed by atoms with Crippen molar-refractivity contribution in [1.82, 2.24) is 19.7 Å². The van der Waals surface area contributed by atoms with Gasteiger partial charge in [0.05, 0.1) is 28.4 Å². The van der Waals surface area contributed by atoms with Gasteiger partial charge in [0.15, 0.2) is 5.65 Å². The first-order valence-corrected chi connectivity index (χ1v) is 9.93. The summed E-state index contributed by atoms with van der Waals surface area (Å²) in [6.45, 7) is 5.56. The van der Waals surface area contributed by atoms with Gasteiger partial charge in [0.25, 0.3) is 11.8 Å². The lowest BCUT2D eigenvalue weighted by atomic mass is 9.98. The van der Waals surface area contributed by atoms with Crippen molar-refractivity contribution in [3.8, 4) is 0 Å². The summed E-state index contributed by atoms with van der Waals surface area (Å²) in [6.07, 6.45) is 3.66. The largest absolute Gasteiger partial charge is 0.339 e. The Morgan fingerprint density at radius 1 is 1.14 bits per heavy atom. The number of nitrogens with zero attached hydrogens (tertiary/aromatic N) is 4. The van der Waals surface area contributed by atoms with Crippen molar-refractivity contribution >= 4 is 28.5 Å². The average molecular weight is 391 g/mol. The molecule has 1 aromatic carbocycles. The van der Waals surface area contributed by atoms with Crippen LogP contribution in [0.25, 0.3) is 11.0 Å². The van der Waals surface area contributed by atoms with Gasteiger partial charge in [0.1, 0.15) is 0 Å². The monoisotopic (exact) mass is 391 g/mol. The van der Waals surface area contributed by atoms with E-state index in [0.717, 1.165) is 31.6 Å². The maximum Gasteiger partial charge on any atom is 0.256 e. The second kappa shape index (κ2) is 7.66. The van der Waals surface area contributed by atoms with Crippen LogP contribution in [0, 0.1) is 12.8 Å². The van der Waals surface area contributed by atoms with Gasteiger partial charge < -0.3 is 10.2 Å². The molecule has 150 valence electrons. The number of pyridine rings is 1. The highest BCUT2D eigenvalue weighted by molar-refractivity contribution is 6.14. The summed E-state index contributed by atoms with van der Waals surface area (Å²) in [4.78, 5) is 32.5. The maximum atomic E-state index is 13.1. The Morgan fingerprint density at radius 3 is 2.62 bits per heavy atom. The van der Waals surface area contributed by atoms with Gasteiger partial charge in [-0.25, -0.2) is 4.98 Å². The number of aryl methyl sites for hydroxylation is 2. The van der Waals surface area contributed by atoms with Crippen LogP contribution in [0.15, 0.2) is 36.5 Å². The smallest absolute Gasteiger partial charge is 0.256 e. The number of carbonyl (C=O) groups excluding carboxylic acids is 2. The number of hydrogen-bond donors (Lipinski definition) is 1. The highest BCUT2D eigenvalue weighted by atomic mass is 16.2. The van der Waals surface area contributed by atoms with E-state index >= 15 is 0 Å². The summed E-state index contributed by atoms with van der Waals surface area (Å²) >= 11 is 0. The molecule has 0 radical (unpaired) electrons. The number of amides is 2. The predicted octanol–water partition coefficient (Wildman–Crippen LogP) is 3.40. The minimum atomic E-state index is -0.277. The highest BCUT2D eigenvalue weighted by Gasteiger charge is 2.24. The molecule has 7 nitrogen and oxygen atoms in total. The lowest BCUT2D eigenvalue weighted by Crippen LogP contribution is -2.38. The summed E-state index contributed by atoms with van der Waals surface area (Å²) in [5, 5.41) is 7.83. The Hall–Kier alpha value is -3.22. The Bertz CT molecular complexity index is 1080. The lowest BCUT2D eigenvalue weighted by Gasteiger charge is -2.30. The quantitative estimate of drug-likeness (QED) is 0.742. The number of anilines is 1. The third-order valence-corrected chi connectivity index (χ3v) is 5.55. The number of fused-ring (bicyclic) bond motifs is 1. The normalized spacial score (nSPS) is 14.9.